The van der Waals surface area contributed by atoms with Gasteiger partial charge in [0.05, 0.1) is 0 Å². The Morgan fingerprint density at radius 2 is 1.19 bits per heavy atom. The minimum absolute atomic E-state index is 0.644. The molecule has 0 unspecified atom stereocenters. The third kappa shape index (κ3) is 3.61. The Balaban J connectivity index is 2.34. The summed E-state index contributed by atoms with van der Waals surface area (Å²) in [4.78, 5) is 0. The van der Waals surface area contributed by atoms with Gasteiger partial charge in [0.15, 0.2) is 0 Å². The number of allylic oxidation sites excluding steroid dienone is 8. The average Bonchev–Trinajstić information content (AvgIpc) is 3.02. The Morgan fingerprint density at radius 1 is 0.810 bits per heavy atom. The molecule has 0 bridgehead atoms. The number of hydrogen-bond acceptors (Lipinski definition) is 0. The maximum absolute atomic E-state index is 2.53. The molecular weight excluding hydrogens is 331 g/mol. The van der Waals surface area contributed by atoms with Gasteiger partial charge in [-0.1, -0.05) is 0 Å². The third-order valence-electron chi connectivity index (χ3n) is 4.77. The summed E-state index contributed by atoms with van der Waals surface area (Å²) >= 11 is -0.644. The van der Waals surface area contributed by atoms with Crippen LogP contribution in [-0.4, -0.2) is 0 Å². The molecule has 2 aliphatic rings. The van der Waals surface area contributed by atoms with E-state index in [1.165, 1.54) is 25.7 Å². The van der Waals surface area contributed by atoms with E-state index >= 15 is 0 Å². The standard InChI is InChI=1S/2C10H15.Zr/c2*1-4-9-5-6-10(7-9)8(2)3;/h2*6,8H,4-5H2,1-3H3;. The minimum atomic E-state index is -0.644. The SMILES string of the molecule is CCC1=[C]([Zr][C]2=C(CC)CC=C2C(C)C)C(C(C)C)=CC1. The molecule has 0 radical (unpaired) electrons. The molecule has 0 aliphatic heterocycles. The molecule has 1 heteroatoms. The molecular formula is C20H30Zr. The van der Waals surface area contributed by atoms with Gasteiger partial charge < -0.3 is 0 Å². The van der Waals surface area contributed by atoms with Gasteiger partial charge in [0.25, 0.3) is 0 Å². The van der Waals surface area contributed by atoms with Crippen molar-refractivity contribution in [1.82, 2.24) is 0 Å². The quantitative estimate of drug-likeness (QED) is 0.515. The van der Waals surface area contributed by atoms with Crippen molar-refractivity contribution < 1.29 is 23.2 Å². The van der Waals surface area contributed by atoms with Crippen LogP contribution in [0.4, 0.5) is 0 Å². The van der Waals surface area contributed by atoms with Gasteiger partial charge in [0.2, 0.25) is 0 Å². The molecule has 0 amide bonds. The second-order valence-electron chi connectivity index (χ2n) is 6.83. The molecule has 0 aromatic heterocycles. The average molecular weight is 362 g/mol. The monoisotopic (exact) mass is 360 g/mol. The number of hydrogen-bond donors (Lipinski definition) is 0. The number of rotatable bonds is 6. The molecule has 114 valence electrons. The van der Waals surface area contributed by atoms with Gasteiger partial charge in [-0.2, -0.15) is 0 Å². The van der Waals surface area contributed by atoms with Crippen LogP contribution in [-0.2, 0) is 23.2 Å². The van der Waals surface area contributed by atoms with E-state index in [0.29, 0.717) is 11.8 Å². The second-order valence-corrected chi connectivity index (χ2v) is 9.90. The zero-order chi connectivity index (χ0) is 15.6. The molecule has 0 fully saturated rings. The normalized spacial score (nSPS) is 19.0. The predicted molar refractivity (Wildman–Crippen MR) is 89.7 cm³/mol. The Morgan fingerprint density at radius 3 is 1.48 bits per heavy atom. The molecule has 0 aromatic rings. The Labute approximate surface area is 143 Å². The summed E-state index contributed by atoms with van der Waals surface area (Å²) in [6, 6.07) is 0. The van der Waals surface area contributed by atoms with Crippen LogP contribution in [0.25, 0.3) is 0 Å². The third-order valence-corrected chi connectivity index (χ3v) is 9.16. The zero-order valence-corrected chi connectivity index (χ0v) is 17.1. The van der Waals surface area contributed by atoms with Gasteiger partial charge in [-0.05, 0) is 0 Å². The molecule has 0 N–H and O–H groups in total. The molecule has 0 nitrogen and oxygen atoms in total. The Hall–Kier alpha value is -0.157. The molecule has 0 saturated heterocycles. The van der Waals surface area contributed by atoms with Gasteiger partial charge in [0, 0.05) is 0 Å². The van der Waals surface area contributed by atoms with Crippen molar-refractivity contribution in [2.45, 2.75) is 67.2 Å². The van der Waals surface area contributed by atoms with Crippen LogP contribution in [0, 0.1) is 11.8 Å². The summed E-state index contributed by atoms with van der Waals surface area (Å²) in [5, 5.41) is 0. The fraction of sp³-hybridized carbons (Fsp3) is 0.600. The molecule has 0 aromatic carbocycles. The van der Waals surface area contributed by atoms with E-state index in [1.54, 1.807) is 22.3 Å². The summed E-state index contributed by atoms with van der Waals surface area (Å²) in [5.41, 5.74) is 6.89. The first-order valence-corrected chi connectivity index (χ1v) is 11.1. The first-order chi connectivity index (χ1) is 9.99. The van der Waals surface area contributed by atoms with E-state index in [0.717, 1.165) is 0 Å². The van der Waals surface area contributed by atoms with Gasteiger partial charge in [0.1, 0.15) is 0 Å². The molecule has 0 saturated carbocycles. The van der Waals surface area contributed by atoms with E-state index in [-0.39, 0.29) is 0 Å². The van der Waals surface area contributed by atoms with Gasteiger partial charge in [-0.15, -0.1) is 0 Å². The maximum atomic E-state index is 2.53. The van der Waals surface area contributed by atoms with Crippen LogP contribution < -0.4 is 0 Å². The van der Waals surface area contributed by atoms with Crippen LogP contribution in [0.15, 0.2) is 41.0 Å². The van der Waals surface area contributed by atoms with E-state index in [9.17, 15) is 0 Å². The van der Waals surface area contributed by atoms with Crippen molar-refractivity contribution in [2.24, 2.45) is 11.8 Å². The van der Waals surface area contributed by atoms with Crippen LogP contribution in [0.3, 0.4) is 0 Å². The Bertz CT molecular complexity index is 476. The summed E-state index contributed by atoms with van der Waals surface area (Å²) in [6.45, 7) is 14.2. The molecule has 0 heterocycles. The van der Waals surface area contributed by atoms with Crippen LogP contribution in [0.5, 0.6) is 0 Å². The van der Waals surface area contributed by atoms with Crippen molar-refractivity contribution in [1.29, 1.82) is 0 Å². The molecule has 21 heavy (non-hydrogen) atoms. The Kier molecular flexibility index (Phi) is 6.07. The van der Waals surface area contributed by atoms with E-state index < -0.39 is 23.2 Å². The van der Waals surface area contributed by atoms with Gasteiger partial charge >= 0.3 is 143 Å². The van der Waals surface area contributed by atoms with Crippen molar-refractivity contribution in [3.8, 4) is 0 Å². The fourth-order valence-electron chi connectivity index (χ4n) is 3.42. The molecule has 0 atom stereocenters. The topological polar surface area (TPSA) is 0 Å². The van der Waals surface area contributed by atoms with Crippen LogP contribution in [0.2, 0.25) is 0 Å². The van der Waals surface area contributed by atoms with Crippen LogP contribution >= 0.6 is 0 Å². The van der Waals surface area contributed by atoms with E-state index in [4.69, 9.17) is 0 Å². The van der Waals surface area contributed by atoms with Crippen molar-refractivity contribution >= 4 is 0 Å². The van der Waals surface area contributed by atoms with Crippen LogP contribution in [0.1, 0.15) is 67.2 Å². The zero-order valence-electron chi connectivity index (χ0n) is 14.6. The van der Waals surface area contributed by atoms with E-state index in [1.807, 2.05) is 6.56 Å². The predicted octanol–water partition coefficient (Wildman–Crippen LogP) is 6.37. The first-order valence-electron chi connectivity index (χ1n) is 8.61. The summed E-state index contributed by atoms with van der Waals surface area (Å²) in [5.74, 6) is 1.40. The van der Waals surface area contributed by atoms with Gasteiger partial charge in [-0.25, -0.2) is 0 Å². The summed E-state index contributed by atoms with van der Waals surface area (Å²) in [7, 11) is 0. The summed E-state index contributed by atoms with van der Waals surface area (Å²) in [6.07, 6.45) is 10.0. The van der Waals surface area contributed by atoms with E-state index in [2.05, 4.69) is 53.7 Å². The van der Waals surface area contributed by atoms with Crippen molar-refractivity contribution in [2.75, 3.05) is 0 Å². The first kappa shape index (κ1) is 17.2. The summed E-state index contributed by atoms with van der Waals surface area (Å²) < 4.78 is 3.68. The van der Waals surface area contributed by atoms with Gasteiger partial charge in [-0.3, -0.25) is 0 Å². The fourth-order valence-corrected chi connectivity index (χ4v) is 8.90. The molecule has 2 rings (SSSR count). The second kappa shape index (κ2) is 7.41. The van der Waals surface area contributed by atoms with Crippen molar-refractivity contribution in [3.05, 3.63) is 41.0 Å². The van der Waals surface area contributed by atoms with Crippen molar-refractivity contribution in [3.63, 3.8) is 0 Å². The molecule has 2 aliphatic carbocycles. The molecule has 0 spiro atoms.